The number of hydrogen-bond acceptors (Lipinski definition) is 4. The normalized spacial score (nSPS) is 11.8. The van der Waals surface area contributed by atoms with E-state index in [4.69, 9.17) is 5.73 Å². The molecule has 1 aromatic heterocycles. The van der Waals surface area contributed by atoms with Crippen molar-refractivity contribution in [2.45, 2.75) is 12.5 Å². The zero-order chi connectivity index (χ0) is 15.2. The first-order valence-corrected chi connectivity index (χ1v) is 6.80. The predicted octanol–water partition coefficient (Wildman–Crippen LogP) is 2.18. The molecule has 0 aliphatic rings. The molecule has 0 aliphatic heterocycles. The van der Waals surface area contributed by atoms with Crippen LogP contribution in [0.25, 0.3) is 0 Å². The van der Waals surface area contributed by atoms with Gasteiger partial charge in [0.05, 0.1) is 11.9 Å². The molecule has 2 aromatic rings. The third-order valence-corrected chi connectivity index (χ3v) is 3.12. The first-order valence-electron chi connectivity index (χ1n) is 6.80. The number of carbonyl (C=O) groups is 1. The van der Waals surface area contributed by atoms with E-state index >= 15 is 0 Å². The third kappa shape index (κ3) is 4.29. The lowest BCUT2D eigenvalue weighted by Crippen LogP contribution is -2.20. The lowest BCUT2D eigenvalue weighted by molar-refractivity contribution is -0.116. The summed E-state index contributed by atoms with van der Waals surface area (Å²) in [6, 6.07) is 13.0. The molecule has 1 aromatic carbocycles. The Hall–Kier alpha value is -2.40. The van der Waals surface area contributed by atoms with Gasteiger partial charge in [-0.15, -0.1) is 0 Å². The largest absolute Gasteiger partial charge is 0.363 e. The molecule has 110 valence electrons. The molecule has 0 aliphatic carbocycles. The van der Waals surface area contributed by atoms with Crippen LogP contribution in [0.4, 0.5) is 11.5 Å². The maximum atomic E-state index is 12.0. The van der Waals surface area contributed by atoms with Gasteiger partial charge in [-0.2, -0.15) is 0 Å². The van der Waals surface area contributed by atoms with Gasteiger partial charge in [-0.3, -0.25) is 4.79 Å². The van der Waals surface area contributed by atoms with Gasteiger partial charge in [0.25, 0.3) is 0 Å². The van der Waals surface area contributed by atoms with Gasteiger partial charge in [0.1, 0.15) is 5.82 Å². The number of aromatic nitrogens is 1. The lowest BCUT2D eigenvalue weighted by Gasteiger charge is -2.13. The average molecular weight is 284 g/mol. The molecule has 21 heavy (non-hydrogen) atoms. The van der Waals surface area contributed by atoms with E-state index in [2.05, 4.69) is 10.3 Å². The summed E-state index contributed by atoms with van der Waals surface area (Å²) in [5.41, 5.74) is 7.65. The van der Waals surface area contributed by atoms with Crippen LogP contribution in [0.15, 0.2) is 48.7 Å². The Morgan fingerprint density at radius 3 is 2.52 bits per heavy atom. The molecule has 0 fully saturated rings. The van der Waals surface area contributed by atoms with Crippen LogP contribution in [0.3, 0.4) is 0 Å². The van der Waals surface area contributed by atoms with E-state index in [0.29, 0.717) is 5.69 Å². The molecule has 0 spiro atoms. The molecule has 5 heteroatoms. The van der Waals surface area contributed by atoms with E-state index < -0.39 is 0 Å². The van der Waals surface area contributed by atoms with E-state index in [9.17, 15) is 4.79 Å². The smallest absolute Gasteiger partial charge is 0.226 e. The van der Waals surface area contributed by atoms with E-state index in [-0.39, 0.29) is 18.4 Å². The highest BCUT2D eigenvalue weighted by Crippen LogP contribution is 2.16. The van der Waals surface area contributed by atoms with Crippen LogP contribution < -0.4 is 16.0 Å². The van der Waals surface area contributed by atoms with Crippen LogP contribution in [0.2, 0.25) is 0 Å². The summed E-state index contributed by atoms with van der Waals surface area (Å²) in [4.78, 5) is 18.1. The Bertz CT molecular complexity index is 581. The Labute approximate surface area is 124 Å². The summed E-state index contributed by atoms with van der Waals surface area (Å²) >= 11 is 0. The number of pyridine rings is 1. The fourth-order valence-electron chi connectivity index (χ4n) is 1.95. The van der Waals surface area contributed by atoms with Gasteiger partial charge in [-0.25, -0.2) is 4.98 Å². The Kier molecular flexibility index (Phi) is 4.90. The minimum absolute atomic E-state index is 0.120. The fraction of sp³-hybridized carbons (Fsp3) is 0.250. The summed E-state index contributed by atoms with van der Waals surface area (Å²) in [6.45, 7) is 0. The summed E-state index contributed by atoms with van der Waals surface area (Å²) < 4.78 is 0. The standard InChI is InChI=1S/C16H20N4O/c1-20(2)15-9-8-13(11-18-15)19-16(21)10-14(17)12-6-4-3-5-7-12/h3-9,11,14H,10,17H2,1-2H3,(H,19,21). The second kappa shape index (κ2) is 6.85. The van der Waals surface area contributed by atoms with Crippen LogP contribution in [-0.4, -0.2) is 25.0 Å². The predicted molar refractivity (Wildman–Crippen MR) is 85.2 cm³/mol. The van der Waals surface area contributed by atoms with Crippen molar-refractivity contribution in [1.82, 2.24) is 4.98 Å². The molecule has 1 unspecified atom stereocenters. The number of benzene rings is 1. The number of anilines is 2. The minimum atomic E-state index is -0.305. The summed E-state index contributed by atoms with van der Waals surface area (Å²) in [5.74, 6) is 0.722. The highest BCUT2D eigenvalue weighted by atomic mass is 16.1. The zero-order valence-corrected chi connectivity index (χ0v) is 12.3. The van der Waals surface area contributed by atoms with Gasteiger partial charge in [-0.1, -0.05) is 30.3 Å². The molecule has 1 atom stereocenters. The molecule has 0 saturated carbocycles. The molecular formula is C16H20N4O. The van der Waals surface area contributed by atoms with Gasteiger partial charge < -0.3 is 16.0 Å². The number of hydrogen-bond donors (Lipinski definition) is 2. The van der Waals surface area contributed by atoms with Crippen molar-refractivity contribution in [3.05, 3.63) is 54.2 Å². The van der Waals surface area contributed by atoms with Crippen molar-refractivity contribution in [3.8, 4) is 0 Å². The second-order valence-corrected chi connectivity index (χ2v) is 5.07. The first-order chi connectivity index (χ1) is 10.1. The van der Waals surface area contributed by atoms with E-state index in [1.165, 1.54) is 0 Å². The van der Waals surface area contributed by atoms with Gasteiger partial charge in [0, 0.05) is 26.6 Å². The van der Waals surface area contributed by atoms with Crippen molar-refractivity contribution in [2.24, 2.45) is 5.73 Å². The average Bonchev–Trinajstić information content (AvgIpc) is 2.48. The highest BCUT2D eigenvalue weighted by molar-refractivity contribution is 5.91. The molecule has 2 rings (SSSR count). The third-order valence-electron chi connectivity index (χ3n) is 3.12. The van der Waals surface area contributed by atoms with Crippen molar-refractivity contribution in [1.29, 1.82) is 0 Å². The fourth-order valence-corrected chi connectivity index (χ4v) is 1.95. The van der Waals surface area contributed by atoms with E-state index in [1.807, 2.05) is 61.5 Å². The number of carbonyl (C=O) groups excluding carboxylic acids is 1. The van der Waals surface area contributed by atoms with Crippen LogP contribution in [-0.2, 0) is 4.79 Å². The van der Waals surface area contributed by atoms with Gasteiger partial charge in [0.2, 0.25) is 5.91 Å². The van der Waals surface area contributed by atoms with Crippen LogP contribution in [0.5, 0.6) is 0 Å². The quantitative estimate of drug-likeness (QED) is 0.882. The van der Waals surface area contributed by atoms with E-state index in [0.717, 1.165) is 11.4 Å². The van der Waals surface area contributed by atoms with Gasteiger partial charge in [-0.05, 0) is 17.7 Å². The van der Waals surface area contributed by atoms with Crippen molar-refractivity contribution in [3.63, 3.8) is 0 Å². The minimum Gasteiger partial charge on any atom is -0.363 e. The van der Waals surface area contributed by atoms with E-state index in [1.54, 1.807) is 6.20 Å². The topological polar surface area (TPSA) is 71.2 Å². The SMILES string of the molecule is CN(C)c1ccc(NC(=O)CC(N)c2ccccc2)cn1. The zero-order valence-electron chi connectivity index (χ0n) is 12.3. The maximum absolute atomic E-state index is 12.0. The Balaban J connectivity index is 1.92. The molecule has 5 nitrogen and oxygen atoms in total. The monoisotopic (exact) mass is 284 g/mol. The summed E-state index contributed by atoms with van der Waals surface area (Å²) in [5, 5.41) is 2.81. The molecule has 0 radical (unpaired) electrons. The van der Waals surface area contributed by atoms with Gasteiger partial charge in [0.15, 0.2) is 0 Å². The molecular weight excluding hydrogens is 264 g/mol. The first kappa shape index (κ1) is 15.0. The number of nitrogens with two attached hydrogens (primary N) is 1. The molecule has 1 heterocycles. The Morgan fingerprint density at radius 1 is 1.24 bits per heavy atom. The number of rotatable bonds is 5. The van der Waals surface area contributed by atoms with Crippen LogP contribution in [0, 0.1) is 0 Å². The maximum Gasteiger partial charge on any atom is 0.226 e. The lowest BCUT2D eigenvalue weighted by atomic mass is 10.0. The van der Waals surface area contributed by atoms with Crippen LogP contribution >= 0.6 is 0 Å². The Morgan fingerprint density at radius 2 is 1.95 bits per heavy atom. The molecule has 0 bridgehead atoms. The number of amides is 1. The van der Waals surface area contributed by atoms with Crippen molar-refractivity contribution in [2.75, 3.05) is 24.3 Å². The van der Waals surface area contributed by atoms with Gasteiger partial charge >= 0.3 is 0 Å². The van der Waals surface area contributed by atoms with Crippen molar-refractivity contribution < 1.29 is 4.79 Å². The van der Waals surface area contributed by atoms with Crippen molar-refractivity contribution >= 4 is 17.4 Å². The van der Waals surface area contributed by atoms with Crippen LogP contribution in [0.1, 0.15) is 18.0 Å². The second-order valence-electron chi connectivity index (χ2n) is 5.07. The summed E-state index contributed by atoms with van der Waals surface area (Å²) in [6.07, 6.45) is 1.88. The number of nitrogens with zero attached hydrogens (tertiary/aromatic N) is 2. The summed E-state index contributed by atoms with van der Waals surface area (Å²) in [7, 11) is 3.83. The number of nitrogens with one attached hydrogen (secondary N) is 1. The molecule has 3 N–H and O–H groups in total. The molecule has 0 saturated heterocycles. The highest BCUT2D eigenvalue weighted by Gasteiger charge is 2.11. The molecule has 1 amide bonds.